The van der Waals surface area contributed by atoms with Gasteiger partial charge in [-0.05, 0) is 112 Å². The fourth-order valence-corrected chi connectivity index (χ4v) is 11.1. The summed E-state index contributed by atoms with van der Waals surface area (Å²) in [5.41, 5.74) is 13.6. The number of aromatic nitrogens is 2. The number of benzene rings is 7. The van der Waals surface area contributed by atoms with Gasteiger partial charge in [-0.1, -0.05) is 141 Å². The monoisotopic (exact) mass is 826 g/mol. The Morgan fingerprint density at radius 2 is 1.09 bits per heavy atom. The zero-order valence-corrected chi connectivity index (χ0v) is 36.6. The van der Waals surface area contributed by atoms with Crippen molar-refractivity contribution in [3.05, 3.63) is 235 Å². The normalized spacial score (nSPS) is 16.7. The van der Waals surface area contributed by atoms with Crippen LogP contribution in [0, 0.1) is 0 Å². The molecule has 308 valence electrons. The summed E-state index contributed by atoms with van der Waals surface area (Å²) >= 11 is 0. The van der Waals surface area contributed by atoms with Crippen LogP contribution in [0.25, 0.3) is 71.7 Å². The molecule has 2 atom stereocenters. The molecular formula is C61H50N2O+2. The molecular weight excluding hydrogens is 777 g/mol. The number of hydrogen-bond acceptors (Lipinski definition) is 1. The summed E-state index contributed by atoms with van der Waals surface area (Å²) in [6.45, 7) is 7.23. The van der Waals surface area contributed by atoms with Crippen LogP contribution in [0.2, 0.25) is 0 Å². The summed E-state index contributed by atoms with van der Waals surface area (Å²) in [7, 11) is 0. The molecule has 1 aliphatic rings. The van der Waals surface area contributed by atoms with E-state index in [9.17, 15) is 4.79 Å². The fraction of sp³-hybridized carbons (Fsp3) is 0.131. The molecule has 0 bridgehead atoms. The minimum absolute atomic E-state index is 0.00837. The summed E-state index contributed by atoms with van der Waals surface area (Å²) in [5.74, 6) is 0.00837. The molecule has 0 aliphatic carbocycles. The highest BCUT2D eigenvalue weighted by molar-refractivity contribution is 6.11. The molecule has 0 N–H and O–H groups in total. The van der Waals surface area contributed by atoms with Crippen molar-refractivity contribution in [1.29, 1.82) is 0 Å². The number of ketones is 1. The zero-order chi connectivity index (χ0) is 43.4. The molecule has 10 aromatic rings. The van der Waals surface area contributed by atoms with Gasteiger partial charge < -0.3 is 0 Å². The predicted molar refractivity (Wildman–Crippen MR) is 262 cm³/mol. The average molecular weight is 827 g/mol. The molecule has 3 aromatic heterocycles. The molecule has 0 fully saturated rings. The van der Waals surface area contributed by atoms with Crippen LogP contribution in [-0.2, 0) is 17.4 Å². The Kier molecular flexibility index (Phi) is 9.65. The Morgan fingerprint density at radius 3 is 1.80 bits per heavy atom. The summed E-state index contributed by atoms with van der Waals surface area (Å²) in [6.07, 6.45) is 7.36. The van der Waals surface area contributed by atoms with Crippen molar-refractivity contribution in [1.82, 2.24) is 0 Å². The van der Waals surface area contributed by atoms with Gasteiger partial charge in [-0.25, -0.2) is 0 Å². The molecule has 3 nitrogen and oxygen atoms in total. The lowest BCUT2D eigenvalue weighted by Crippen LogP contribution is -2.70. The molecule has 0 amide bonds. The van der Waals surface area contributed by atoms with E-state index in [1.807, 2.05) is 60.7 Å². The van der Waals surface area contributed by atoms with Gasteiger partial charge in [0.05, 0.1) is 28.2 Å². The lowest BCUT2D eigenvalue weighted by molar-refractivity contribution is -0.771. The molecule has 0 radical (unpaired) electrons. The van der Waals surface area contributed by atoms with Crippen LogP contribution in [0.3, 0.4) is 0 Å². The molecule has 4 heterocycles. The third kappa shape index (κ3) is 6.29. The minimum Gasteiger partial charge on any atom is -0.289 e. The van der Waals surface area contributed by atoms with Gasteiger partial charge in [0.25, 0.3) is 0 Å². The first kappa shape index (κ1) is 39.4. The molecule has 3 heteroatoms. The Labute approximate surface area is 375 Å². The van der Waals surface area contributed by atoms with E-state index in [0.717, 1.165) is 52.6 Å². The van der Waals surface area contributed by atoms with Crippen molar-refractivity contribution in [2.75, 3.05) is 0 Å². The molecule has 0 spiro atoms. The number of fused-ring (bicyclic) bond motifs is 8. The van der Waals surface area contributed by atoms with Gasteiger partial charge in [-0.3, -0.25) is 4.79 Å². The Morgan fingerprint density at radius 1 is 0.484 bits per heavy atom. The minimum atomic E-state index is -0.278. The first-order chi connectivity index (χ1) is 31.4. The Hall–Kier alpha value is -7.49. The maximum atomic E-state index is 14.6. The van der Waals surface area contributed by atoms with Gasteiger partial charge in [0, 0.05) is 41.8 Å². The van der Waals surface area contributed by atoms with Crippen LogP contribution in [-0.4, -0.2) is 5.78 Å². The van der Waals surface area contributed by atoms with Crippen molar-refractivity contribution in [3.8, 4) is 44.6 Å². The topological polar surface area (TPSA) is 25.0 Å². The van der Waals surface area contributed by atoms with E-state index in [0.29, 0.717) is 11.1 Å². The van der Waals surface area contributed by atoms with Crippen molar-refractivity contribution < 1.29 is 13.8 Å². The van der Waals surface area contributed by atoms with Gasteiger partial charge in [0.2, 0.25) is 11.2 Å². The Bertz CT molecular complexity index is 3350. The molecule has 0 saturated heterocycles. The van der Waals surface area contributed by atoms with E-state index < -0.39 is 0 Å². The third-order valence-corrected chi connectivity index (χ3v) is 14.6. The number of pyridine rings is 3. The standard InChI is InChI=1S/C61H50N2O/c1-4-60(3)56-31-30-46(45-25-18-26-48(35-45)59(64)51-37-49(42-19-8-6-9-20-42)36-50(38-51)43-21-10-7-11-22-43)40-55(56)57-29-16-17-33-63(57)61(60,5-2)41-52-39-47-24-13-15-28-54(47)58-53-27-14-12-23-44(53)32-34-62(52)58/h6-40H,4-5,41H2,1-3H3/q+2. The predicted octanol–water partition coefficient (Wildman–Crippen LogP) is 13.9. The molecule has 11 rings (SSSR count). The van der Waals surface area contributed by atoms with E-state index in [1.54, 1.807) is 0 Å². The van der Waals surface area contributed by atoms with Crippen molar-refractivity contribution in [2.24, 2.45) is 0 Å². The van der Waals surface area contributed by atoms with Gasteiger partial charge in [0.15, 0.2) is 29.4 Å². The second kappa shape index (κ2) is 15.7. The molecule has 64 heavy (non-hydrogen) atoms. The smallest absolute Gasteiger partial charge is 0.226 e. The van der Waals surface area contributed by atoms with Crippen LogP contribution in [0.1, 0.15) is 60.8 Å². The van der Waals surface area contributed by atoms with E-state index in [-0.39, 0.29) is 16.7 Å². The number of rotatable bonds is 9. The lowest BCUT2D eigenvalue weighted by Gasteiger charge is -2.47. The maximum Gasteiger partial charge on any atom is 0.226 e. The fourth-order valence-electron chi connectivity index (χ4n) is 11.1. The maximum absolute atomic E-state index is 14.6. The molecule has 7 aromatic carbocycles. The van der Waals surface area contributed by atoms with E-state index in [1.165, 1.54) is 49.6 Å². The van der Waals surface area contributed by atoms with Crippen molar-refractivity contribution in [3.63, 3.8) is 0 Å². The molecule has 2 unspecified atom stereocenters. The average Bonchev–Trinajstić information content (AvgIpc) is 3.37. The molecule has 1 aliphatic heterocycles. The molecule has 0 saturated carbocycles. The van der Waals surface area contributed by atoms with Crippen LogP contribution in [0.4, 0.5) is 0 Å². The van der Waals surface area contributed by atoms with E-state index >= 15 is 0 Å². The van der Waals surface area contributed by atoms with Crippen LogP contribution >= 0.6 is 0 Å². The Balaban J connectivity index is 1.01. The van der Waals surface area contributed by atoms with E-state index in [2.05, 4.69) is 182 Å². The third-order valence-electron chi connectivity index (χ3n) is 14.6. The van der Waals surface area contributed by atoms with Gasteiger partial charge in [0.1, 0.15) is 0 Å². The summed E-state index contributed by atoms with van der Waals surface area (Å²) in [5, 5.41) is 5.05. The van der Waals surface area contributed by atoms with Crippen molar-refractivity contribution in [2.45, 2.75) is 51.0 Å². The van der Waals surface area contributed by atoms with Gasteiger partial charge in [-0.2, -0.15) is 8.97 Å². The number of hydrogen-bond donors (Lipinski definition) is 0. The SMILES string of the molecule is CCC1(C)c2ccc(-c3cccc(C(=O)c4cc(-c5ccccc5)cc(-c5ccccc5)c4)c3)cc2-c2cccc[n+]2C1(CC)Cc1cc2ccccc2c2c3ccccc3cc[n+]12. The second-order valence-electron chi connectivity index (χ2n) is 17.7. The largest absolute Gasteiger partial charge is 0.289 e. The van der Waals surface area contributed by atoms with Gasteiger partial charge >= 0.3 is 0 Å². The number of carbonyl (C=O) groups excluding carboxylic acids is 1. The summed E-state index contributed by atoms with van der Waals surface area (Å²) in [4.78, 5) is 14.6. The first-order valence-electron chi connectivity index (χ1n) is 22.7. The summed E-state index contributed by atoms with van der Waals surface area (Å²) < 4.78 is 5.07. The van der Waals surface area contributed by atoms with Crippen LogP contribution in [0.15, 0.2) is 213 Å². The lowest BCUT2D eigenvalue weighted by atomic mass is 9.58. The van der Waals surface area contributed by atoms with Gasteiger partial charge in [-0.15, -0.1) is 0 Å². The quantitative estimate of drug-likeness (QED) is 0.0808. The highest BCUT2D eigenvalue weighted by atomic mass is 16.1. The zero-order valence-electron chi connectivity index (χ0n) is 36.6. The number of carbonyl (C=O) groups is 1. The first-order valence-corrected chi connectivity index (χ1v) is 22.7. The second-order valence-corrected chi connectivity index (χ2v) is 17.7. The van der Waals surface area contributed by atoms with Crippen molar-refractivity contribution >= 4 is 32.8 Å². The summed E-state index contributed by atoms with van der Waals surface area (Å²) in [6, 6.07) is 71.1. The van der Waals surface area contributed by atoms with E-state index in [4.69, 9.17) is 0 Å². The van der Waals surface area contributed by atoms with Crippen LogP contribution < -0.4 is 8.97 Å². The van der Waals surface area contributed by atoms with Crippen LogP contribution in [0.5, 0.6) is 0 Å². The highest BCUT2D eigenvalue weighted by Gasteiger charge is 2.60. The highest BCUT2D eigenvalue weighted by Crippen LogP contribution is 2.52. The number of nitrogens with zero attached hydrogens (tertiary/aromatic N) is 2.